The van der Waals surface area contributed by atoms with Gasteiger partial charge in [-0.1, -0.05) is 48.5 Å². The van der Waals surface area contributed by atoms with Crippen LogP contribution in [0.15, 0.2) is 84.2 Å². The van der Waals surface area contributed by atoms with Crippen LogP contribution in [0.4, 0.5) is 5.69 Å². The molecule has 1 N–H and O–H groups in total. The lowest BCUT2D eigenvalue weighted by Crippen LogP contribution is -2.04. The third kappa shape index (κ3) is 4.98. The number of aromatic nitrogens is 1. The van der Waals surface area contributed by atoms with Crippen molar-refractivity contribution in [2.45, 2.75) is 19.4 Å². The molecule has 4 aromatic rings. The van der Waals surface area contributed by atoms with Gasteiger partial charge in [0.25, 0.3) is 5.91 Å². The van der Waals surface area contributed by atoms with E-state index in [4.69, 9.17) is 4.74 Å². The Kier molecular flexibility index (Phi) is 6.51. The molecule has 1 amide bonds. The largest absolute Gasteiger partial charge is 0.481 e. The Morgan fingerprint density at radius 3 is 2.50 bits per heavy atom. The van der Waals surface area contributed by atoms with Gasteiger partial charge in [0.05, 0.1) is 7.11 Å². The first-order valence-electron chi connectivity index (χ1n) is 10.4. The summed E-state index contributed by atoms with van der Waals surface area (Å²) in [4.78, 5) is 25.8. The van der Waals surface area contributed by atoms with Gasteiger partial charge in [0, 0.05) is 41.2 Å². The molecule has 0 unspecified atom stereocenters. The average Bonchev–Trinajstić information content (AvgIpc) is 2.86. The molecule has 0 atom stereocenters. The minimum Gasteiger partial charge on any atom is -0.481 e. The van der Waals surface area contributed by atoms with Crippen LogP contribution in [0.3, 0.4) is 0 Å². The van der Waals surface area contributed by atoms with Crippen LogP contribution in [0.5, 0.6) is 5.88 Å². The highest BCUT2D eigenvalue weighted by molar-refractivity contribution is 5.87. The van der Waals surface area contributed by atoms with E-state index in [2.05, 4.69) is 51.9 Å². The fourth-order valence-corrected chi connectivity index (χ4v) is 3.62. The lowest BCUT2D eigenvalue weighted by Gasteiger charge is -2.12. The summed E-state index contributed by atoms with van der Waals surface area (Å²) in [5, 5.41) is 8.21. The highest BCUT2D eigenvalue weighted by atomic mass is 16.5. The van der Waals surface area contributed by atoms with Crippen molar-refractivity contribution in [1.82, 2.24) is 4.98 Å². The number of fused-ring (bicyclic) bond motifs is 1. The van der Waals surface area contributed by atoms with Crippen LogP contribution in [0.1, 0.15) is 17.5 Å². The fourth-order valence-electron chi connectivity index (χ4n) is 3.62. The van der Waals surface area contributed by atoms with Crippen molar-refractivity contribution in [2.24, 2.45) is 5.18 Å². The molecular weight excluding hydrogens is 402 g/mol. The second-order valence-corrected chi connectivity index (χ2v) is 7.49. The third-order valence-corrected chi connectivity index (χ3v) is 5.37. The van der Waals surface area contributed by atoms with Gasteiger partial charge < -0.3 is 10.1 Å². The lowest BCUT2D eigenvalue weighted by atomic mass is 10.0. The minimum atomic E-state index is -0.627. The van der Waals surface area contributed by atoms with Crippen molar-refractivity contribution < 1.29 is 9.53 Å². The van der Waals surface area contributed by atoms with Gasteiger partial charge in [-0.2, -0.15) is 0 Å². The molecule has 0 saturated heterocycles. The summed E-state index contributed by atoms with van der Waals surface area (Å²) in [6, 6.07) is 24.5. The van der Waals surface area contributed by atoms with Crippen LogP contribution in [0.25, 0.3) is 21.9 Å². The number of rotatable bonds is 8. The Bertz CT molecular complexity index is 1250. The maximum Gasteiger partial charge on any atom is 0.286 e. The van der Waals surface area contributed by atoms with E-state index in [1.807, 2.05) is 42.6 Å². The van der Waals surface area contributed by atoms with Gasteiger partial charge in [-0.25, -0.2) is 4.98 Å². The molecule has 1 heterocycles. The standard InChI is InChI=1S/C26H23N3O3/c1-32-26-23(17-27-24-11-6-18(7-12-24)8-13-25(30)29-31)15-22(16-28-26)21-10-9-19-4-2-3-5-20(19)14-21/h2-7,9-12,14-16,27H,8,13,17H2,1H3. The molecule has 32 heavy (non-hydrogen) atoms. The summed E-state index contributed by atoms with van der Waals surface area (Å²) in [5.41, 5.74) is 4.99. The number of hydrogen-bond donors (Lipinski definition) is 1. The molecular formula is C26H23N3O3. The number of methoxy groups -OCH3 is 1. The monoisotopic (exact) mass is 425 g/mol. The number of pyridine rings is 1. The molecule has 6 heteroatoms. The van der Waals surface area contributed by atoms with Gasteiger partial charge in [-0.05, 0) is 52.6 Å². The number of benzene rings is 3. The van der Waals surface area contributed by atoms with Crippen LogP contribution in [-0.4, -0.2) is 18.0 Å². The molecule has 4 rings (SSSR count). The molecule has 6 nitrogen and oxygen atoms in total. The molecule has 1 aromatic heterocycles. The predicted octanol–water partition coefficient (Wildman–Crippen LogP) is 5.75. The SMILES string of the molecule is COc1ncc(-c2ccc3ccccc3c2)cc1CNc1ccc(CCC(=O)N=O)cc1. The Hall–Kier alpha value is -4.06. The summed E-state index contributed by atoms with van der Waals surface area (Å²) >= 11 is 0. The highest BCUT2D eigenvalue weighted by Gasteiger charge is 2.09. The third-order valence-electron chi connectivity index (χ3n) is 5.37. The quantitative estimate of drug-likeness (QED) is 0.364. The van der Waals surface area contributed by atoms with E-state index >= 15 is 0 Å². The van der Waals surface area contributed by atoms with E-state index in [1.54, 1.807) is 7.11 Å². The van der Waals surface area contributed by atoms with Gasteiger partial charge in [-0.15, -0.1) is 4.91 Å². The lowest BCUT2D eigenvalue weighted by molar-refractivity contribution is -0.117. The maximum absolute atomic E-state index is 11.1. The number of amides is 1. The number of carbonyl (C=O) groups excluding carboxylic acids is 1. The van der Waals surface area contributed by atoms with Crippen molar-refractivity contribution in [1.29, 1.82) is 0 Å². The zero-order chi connectivity index (χ0) is 22.3. The second kappa shape index (κ2) is 9.83. The van der Waals surface area contributed by atoms with Crippen molar-refractivity contribution in [3.05, 3.63) is 95.0 Å². The topological polar surface area (TPSA) is 80.7 Å². The van der Waals surface area contributed by atoms with E-state index in [9.17, 15) is 9.70 Å². The van der Waals surface area contributed by atoms with Crippen molar-refractivity contribution in [3.63, 3.8) is 0 Å². The summed E-state index contributed by atoms with van der Waals surface area (Å²) in [7, 11) is 1.62. The van der Waals surface area contributed by atoms with Crippen molar-refractivity contribution in [3.8, 4) is 17.0 Å². The second-order valence-electron chi connectivity index (χ2n) is 7.49. The molecule has 0 aliphatic rings. The number of ether oxygens (including phenoxy) is 1. The van der Waals surface area contributed by atoms with Crippen LogP contribution in [0, 0.1) is 4.91 Å². The number of anilines is 1. The van der Waals surface area contributed by atoms with Crippen LogP contribution in [-0.2, 0) is 17.8 Å². The van der Waals surface area contributed by atoms with Gasteiger partial charge >= 0.3 is 0 Å². The Morgan fingerprint density at radius 1 is 0.969 bits per heavy atom. The van der Waals surface area contributed by atoms with E-state index in [-0.39, 0.29) is 6.42 Å². The summed E-state index contributed by atoms with van der Waals surface area (Å²) in [6.07, 6.45) is 2.45. The molecule has 0 saturated carbocycles. The van der Waals surface area contributed by atoms with Gasteiger partial charge in [0.2, 0.25) is 5.88 Å². The van der Waals surface area contributed by atoms with E-state index in [1.165, 1.54) is 10.8 Å². The zero-order valence-corrected chi connectivity index (χ0v) is 17.7. The molecule has 0 aliphatic carbocycles. The smallest absolute Gasteiger partial charge is 0.286 e. The Balaban J connectivity index is 1.49. The first kappa shape index (κ1) is 21.2. The number of aryl methyl sites for hydroxylation is 1. The molecule has 0 bridgehead atoms. The van der Waals surface area contributed by atoms with E-state index < -0.39 is 5.91 Å². The van der Waals surface area contributed by atoms with Crippen LogP contribution in [0.2, 0.25) is 0 Å². The Labute approximate surface area is 186 Å². The van der Waals surface area contributed by atoms with Crippen molar-refractivity contribution in [2.75, 3.05) is 12.4 Å². The van der Waals surface area contributed by atoms with Crippen LogP contribution < -0.4 is 10.1 Å². The van der Waals surface area contributed by atoms with Gasteiger partial charge in [-0.3, -0.25) is 4.79 Å². The number of carbonyl (C=O) groups is 1. The van der Waals surface area contributed by atoms with E-state index in [0.29, 0.717) is 18.8 Å². The predicted molar refractivity (Wildman–Crippen MR) is 127 cm³/mol. The zero-order valence-electron chi connectivity index (χ0n) is 17.7. The molecule has 160 valence electrons. The van der Waals surface area contributed by atoms with Gasteiger partial charge in [0.15, 0.2) is 0 Å². The first-order chi connectivity index (χ1) is 15.7. The average molecular weight is 425 g/mol. The Morgan fingerprint density at radius 2 is 1.75 bits per heavy atom. The highest BCUT2D eigenvalue weighted by Crippen LogP contribution is 2.28. The number of nitrogens with one attached hydrogen (secondary N) is 1. The number of hydrogen-bond acceptors (Lipinski definition) is 5. The molecule has 0 spiro atoms. The fraction of sp³-hybridized carbons (Fsp3) is 0.154. The first-order valence-corrected chi connectivity index (χ1v) is 10.4. The summed E-state index contributed by atoms with van der Waals surface area (Å²) < 4.78 is 5.46. The van der Waals surface area contributed by atoms with Gasteiger partial charge in [0.1, 0.15) is 0 Å². The number of nitroso groups, excluding NO2 is 1. The molecule has 0 radical (unpaired) electrons. The minimum absolute atomic E-state index is 0.126. The molecule has 3 aromatic carbocycles. The van der Waals surface area contributed by atoms with Crippen molar-refractivity contribution >= 4 is 22.4 Å². The summed E-state index contributed by atoms with van der Waals surface area (Å²) in [6.45, 7) is 0.546. The number of nitrogens with zero attached hydrogens (tertiary/aromatic N) is 2. The summed E-state index contributed by atoms with van der Waals surface area (Å²) in [5.74, 6) is -0.0448. The molecule has 0 fully saturated rings. The normalized spacial score (nSPS) is 10.7. The maximum atomic E-state index is 11.1. The van der Waals surface area contributed by atoms with E-state index in [0.717, 1.165) is 27.9 Å². The van der Waals surface area contributed by atoms with Crippen LogP contribution >= 0.6 is 0 Å². The molecule has 0 aliphatic heterocycles.